The Morgan fingerprint density at radius 3 is 2.52 bits per heavy atom. The third-order valence-electron chi connectivity index (χ3n) is 3.72. The van der Waals surface area contributed by atoms with Crippen LogP contribution < -0.4 is 0 Å². The van der Waals surface area contributed by atoms with Crippen LogP contribution in [0.15, 0.2) is 24.4 Å². The first kappa shape index (κ1) is 17.2. The van der Waals surface area contributed by atoms with Crippen molar-refractivity contribution in [3.63, 3.8) is 0 Å². The maximum absolute atomic E-state index is 12.8. The van der Waals surface area contributed by atoms with Gasteiger partial charge in [-0.1, -0.05) is 0 Å². The number of halogens is 3. The lowest BCUT2D eigenvalue weighted by molar-refractivity contribution is -0.137. The second-order valence-electron chi connectivity index (χ2n) is 5.87. The molecule has 1 atom stereocenters. The number of aromatic nitrogens is 4. The van der Waals surface area contributed by atoms with E-state index in [1.54, 1.807) is 13.0 Å². The summed E-state index contributed by atoms with van der Waals surface area (Å²) in [4.78, 5) is 0. The van der Waals surface area contributed by atoms with Crippen LogP contribution in [0.1, 0.15) is 18.1 Å². The first-order chi connectivity index (χ1) is 11.7. The molecule has 3 aromatic rings. The van der Waals surface area contributed by atoms with Gasteiger partial charge in [-0.3, -0.25) is 0 Å². The summed E-state index contributed by atoms with van der Waals surface area (Å²) < 4.78 is 40.0. The highest BCUT2D eigenvalue weighted by Crippen LogP contribution is 2.38. The number of aliphatic hydroxyl groups excluding tert-OH is 1. The summed E-state index contributed by atoms with van der Waals surface area (Å²) in [6, 6.07) is 3.21. The van der Waals surface area contributed by atoms with Crippen LogP contribution in [0.3, 0.4) is 0 Å². The number of hydrogen-bond donors (Lipinski definition) is 2. The maximum atomic E-state index is 12.8. The fourth-order valence-electron chi connectivity index (χ4n) is 2.65. The van der Waals surface area contributed by atoms with Crippen LogP contribution >= 0.6 is 0 Å². The summed E-state index contributed by atoms with van der Waals surface area (Å²) in [7, 11) is 0. The lowest BCUT2D eigenvalue weighted by atomic mass is 10.0. The van der Waals surface area contributed by atoms with Crippen molar-refractivity contribution in [2.45, 2.75) is 32.7 Å². The molecule has 132 valence electrons. The quantitative estimate of drug-likeness (QED) is 0.757. The fraction of sp³-hybridized carbons (Fsp3) is 0.312. The van der Waals surface area contributed by atoms with Crippen LogP contribution in [0, 0.1) is 6.92 Å². The molecule has 2 heterocycles. The maximum Gasteiger partial charge on any atom is 0.416 e. The molecule has 0 bridgehead atoms. The molecule has 0 amide bonds. The molecule has 0 spiro atoms. The monoisotopic (exact) mass is 352 g/mol. The van der Waals surface area contributed by atoms with Gasteiger partial charge in [0, 0.05) is 10.9 Å². The highest BCUT2D eigenvalue weighted by molar-refractivity contribution is 5.81. The van der Waals surface area contributed by atoms with Gasteiger partial charge in [-0.15, -0.1) is 10.2 Å². The highest BCUT2D eigenvalue weighted by Gasteiger charge is 2.32. The van der Waals surface area contributed by atoms with Crippen molar-refractivity contribution < 1.29 is 23.4 Å². The SMILES string of the molecule is Cc1cc(C(F)(F)F)cc(O)c1-c1cc2cnn(CC(C)O)c2nn1. The van der Waals surface area contributed by atoms with E-state index in [-0.39, 0.29) is 23.4 Å². The van der Waals surface area contributed by atoms with Gasteiger partial charge in [0.25, 0.3) is 0 Å². The molecular weight excluding hydrogens is 337 g/mol. The summed E-state index contributed by atoms with van der Waals surface area (Å²) >= 11 is 0. The number of aryl methyl sites for hydroxylation is 1. The molecular formula is C16H15F3N4O2. The Kier molecular flexibility index (Phi) is 4.11. The molecule has 0 saturated carbocycles. The van der Waals surface area contributed by atoms with Crippen molar-refractivity contribution in [3.8, 4) is 17.0 Å². The standard InChI is InChI=1S/C16H15F3N4O2/c1-8-3-11(16(17,18)19)5-13(25)14(8)12-4-10-6-20-23(7-9(2)24)15(10)22-21-12/h3-6,9,24-25H,7H2,1-2H3. The topological polar surface area (TPSA) is 84.1 Å². The molecule has 6 nitrogen and oxygen atoms in total. The molecule has 0 saturated heterocycles. The number of aliphatic hydroxyl groups is 1. The average molecular weight is 352 g/mol. The van der Waals surface area contributed by atoms with Gasteiger partial charge in [0.05, 0.1) is 30.1 Å². The van der Waals surface area contributed by atoms with Gasteiger partial charge in [0.15, 0.2) is 5.65 Å². The molecule has 1 aromatic carbocycles. The minimum absolute atomic E-state index is 0.186. The molecule has 2 N–H and O–H groups in total. The van der Waals surface area contributed by atoms with Crippen molar-refractivity contribution in [2.24, 2.45) is 0 Å². The lowest BCUT2D eigenvalue weighted by Crippen LogP contribution is -2.13. The van der Waals surface area contributed by atoms with Gasteiger partial charge < -0.3 is 10.2 Å². The number of fused-ring (bicyclic) bond motifs is 1. The van der Waals surface area contributed by atoms with Gasteiger partial charge >= 0.3 is 6.18 Å². The first-order valence-corrected chi connectivity index (χ1v) is 7.45. The van der Waals surface area contributed by atoms with Gasteiger partial charge in [-0.2, -0.15) is 18.3 Å². The zero-order valence-electron chi connectivity index (χ0n) is 13.4. The molecule has 0 aliphatic heterocycles. The van der Waals surface area contributed by atoms with E-state index in [9.17, 15) is 23.4 Å². The number of phenolic OH excluding ortho intramolecular Hbond substituents is 1. The van der Waals surface area contributed by atoms with E-state index in [0.29, 0.717) is 17.1 Å². The molecule has 1 unspecified atom stereocenters. The van der Waals surface area contributed by atoms with Gasteiger partial charge in [0.1, 0.15) is 5.75 Å². The Balaban J connectivity index is 2.08. The van der Waals surface area contributed by atoms with E-state index in [1.807, 2.05) is 0 Å². The first-order valence-electron chi connectivity index (χ1n) is 7.45. The molecule has 3 rings (SSSR count). The minimum atomic E-state index is -4.54. The van der Waals surface area contributed by atoms with E-state index in [4.69, 9.17) is 0 Å². The number of rotatable bonds is 3. The van der Waals surface area contributed by atoms with Crippen molar-refractivity contribution in [1.82, 2.24) is 20.0 Å². The lowest BCUT2D eigenvalue weighted by Gasteiger charge is -2.13. The largest absolute Gasteiger partial charge is 0.507 e. The van der Waals surface area contributed by atoms with Crippen molar-refractivity contribution in [2.75, 3.05) is 0 Å². The minimum Gasteiger partial charge on any atom is -0.507 e. The third-order valence-corrected chi connectivity index (χ3v) is 3.72. The number of alkyl halides is 3. The summed E-state index contributed by atoms with van der Waals surface area (Å²) in [5.74, 6) is -0.516. The van der Waals surface area contributed by atoms with Crippen molar-refractivity contribution in [3.05, 3.63) is 35.5 Å². The summed E-state index contributed by atoms with van der Waals surface area (Å²) in [5, 5.41) is 32.2. The van der Waals surface area contributed by atoms with Gasteiger partial charge in [0.2, 0.25) is 0 Å². The van der Waals surface area contributed by atoms with E-state index in [2.05, 4.69) is 15.3 Å². The van der Waals surface area contributed by atoms with Crippen LogP contribution in [0.25, 0.3) is 22.3 Å². The van der Waals surface area contributed by atoms with Crippen LogP contribution in [-0.4, -0.2) is 36.3 Å². The van der Waals surface area contributed by atoms with Crippen LogP contribution in [-0.2, 0) is 12.7 Å². The Bertz CT molecular complexity index is 912. The summed E-state index contributed by atoms with van der Waals surface area (Å²) in [6.45, 7) is 3.31. The second-order valence-corrected chi connectivity index (χ2v) is 5.87. The third kappa shape index (κ3) is 3.27. The average Bonchev–Trinajstić information content (AvgIpc) is 2.87. The second kappa shape index (κ2) is 5.99. The van der Waals surface area contributed by atoms with Gasteiger partial charge in [-0.05, 0) is 37.6 Å². The van der Waals surface area contributed by atoms with E-state index >= 15 is 0 Å². The van der Waals surface area contributed by atoms with E-state index < -0.39 is 23.6 Å². The van der Waals surface area contributed by atoms with E-state index in [1.165, 1.54) is 17.8 Å². The molecule has 9 heteroatoms. The summed E-state index contributed by atoms with van der Waals surface area (Å²) in [6.07, 6.45) is -3.64. The molecule has 2 aromatic heterocycles. The fourth-order valence-corrected chi connectivity index (χ4v) is 2.65. The van der Waals surface area contributed by atoms with Crippen LogP contribution in [0.5, 0.6) is 5.75 Å². The number of benzene rings is 1. The highest BCUT2D eigenvalue weighted by atomic mass is 19.4. The molecule has 0 aliphatic carbocycles. The smallest absolute Gasteiger partial charge is 0.416 e. The number of phenols is 1. The molecule has 0 aliphatic rings. The predicted molar refractivity (Wildman–Crippen MR) is 83.8 cm³/mol. The van der Waals surface area contributed by atoms with Gasteiger partial charge in [-0.25, -0.2) is 4.68 Å². The zero-order valence-corrected chi connectivity index (χ0v) is 13.4. The number of aromatic hydroxyl groups is 1. The van der Waals surface area contributed by atoms with Crippen LogP contribution in [0.2, 0.25) is 0 Å². The Hall–Kier alpha value is -2.68. The predicted octanol–water partition coefficient (Wildman–Crippen LogP) is 2.91. The number of hydrogen-bond acceptors (Lipinski definition) is 5. The van der Waals surface area contributed by atoms with Crippen LogP contribution in [0.4, 0.5) is 13.2 Å². The normalized spacial score (nSPS) is 13.4. The molecule has 0 radical (unpaired) electrons. The molecule has 0 fully saturated rings. The Morgan fingerprint density at radius 2 is 1.92 bits per heavy atom. The Morgan fingerprint density at radius 1 is 1.20 bits per heavy atom. The van der Waals surface area contributed by atoms with Crippen molar-refractivity contribution in [1.29, 1.82) is 0 Å². The Labute approximate surface area is 140 Å². The van der Waals surface area contributed by atoms with E-state index in [0.717, 1.165) is 6.07 Å². The number of nitrogens with zero attached hydrogens (tertiary/aromatic N) is 4. The van der Waals surface area contributed by atoms with Crippen molar-refractivity contribution >= 4 is 11.0 Å². The zero-order chi connectivity index (χ0) is 18.4. The molecule has 25 heavy (non-hydrogen) atoms. The summed E-state index contributed by atoms with van der Waals surface area (Å²) in [5.41, 5.74) is 0.176.